The van der Waals surface area contributed by atoms with E-state index in [1.54, 1.807) is 0 Å². The largest absolute Gasteiger partial charge is 0.618 e. The van der Waals surface area contributed by atoms with E-state index in [0.717, 1.165) is 59.2 Å². The van der Waals surface area contributed by atoms with Crippen LogP contribution < -0.4 is 9.47 Å². The smallest absolute Gasteiger partial charge is 0.227 e. The third kappa shape index (κ3) is 7.25. The maximum atomic E-state index is 12.9. The fourth-order valence-corrected chi connectivity index (χ4v) is 3.99. The lowest BCUT2D eigenvalue weighted by Gasteiger charge is -2.13. The number of para-hydroxylation sites is 1. The van der Waals surface area contributed by atoms with E-state index in [2.05, 4.69) is 0 Å². The summed E-state index contributed by atoms with van der Waals surface area (Å²) in [6.07, 6.45) is 11.2. The van der Waals surface area contributed by atoms with Crippen LogP contribution in [0.25, 0.3) is 10.9 Å². The Hall–Kier alpha value is -2.59. The van der Waals surface area contributed by atoms with Crippen molar-refractivity contribution in [3.05, 3.63) is 77.1 Å². The molecule has 3 aromatic rings. The number of pyridine rings is 1. The van der Waals surface area contributed by atoms with Crippen molar-refractivity contribution in [3.8, 4) is 5.75 Å². The number of aliphatic hydroxyl groups is 1. The molecule has 0 aliphatic rings. The Bertz CT molecular complexity index is 911. The van der Waals surface area contributed by atoms with Gasteiger partial charge < -0.3 is 15.1 Å². The lowest BCUT2D eigenvalue weighted by Crippen LogP contribution is -2.33. The van der Waals surface area contributed by atoms with Crippen LogP contribution in [0.4, 0.5) is 0 Å². The molecule has 0 aliphatic heterocycles. The summed E-state index contributed by atoms with van der Waals surface area (Å²) in [5.74, 6) is 0.782. The molecule has 0 spiro atoms. The van der Waals surface area contributed by atoms with Gasteiger partial charge in [-0.05, 0) is 24.5 Å². The zero-order valence-corrected chi connectivity index (χ0v) is 18.5. The Kier molecular flexibility index (Phi) is 9.65. The standard InChI is InChI=1S/C27H35NO3/c29-20-14-7-5-3-1-2-4-6-11-17-24-21-27(31-22-23-15-9-8-10-16-23)25-18-12-13-19-26(25)28(24)30/h8-10,12-13,15-16,18-19,21,29H,1-7,11,14,17,20,22H2. The Balaban J connectivity index is 1.53. The van der Waals surface area contributed by atoms with Gasteiger partial charge in [0.15, 0.2) is 5.69 Å². The van der Waals surface area contributed by atoms with Crippen LogP contribution in [0.2, 0.25) is 0 Å². The second kappa shape index (κ2) is 13.0. The molecule has 31 heavy (non-hydrogen) atoms. The van der Waals surface area contributed by atoms with E-state index in [0.29, 0.717) is 18.7 Å². The van der Waals surface area contributed by atoms with Crippen LogP contribution >= 0.6 is 0 Å². The minimum atomic E-state index is 0.313. The van der Waals surface area contributed by atoms with Crippen molar-refractivity contribution in [2.45, 2.75) is 70.8 Å². The van der Waals surface area contributed by atoms with Crippen LogP contribution in [-0.2, 0) is 13.0 Å². The number of rotatable bonds is 14. The predicted octanol–water partition coefficient (Wildman–Crippen LogP) is 6.10. The summed E-state index contributed by atoms with van der Waals surface area (Å²) in [6, 6.07) is 19.7. The average molecular weight is 422 g/mol. The van der Waals surface area contributed by atoms with Gasteiger partial charge in [0.2, 0.25) is 5.52 Å². The lowest BCUT2D eigenvalue weighted by molar-refractivity contribution is -0.586. The number of benzene rings is 2. The first-order chi connectivity index (χ1) is 15.3. The van der Waals surface area contributed by atoms with Gasteiger partial charge in [-0.25, -0.2) is 0 Å². The summed E-state index contributed by atoms with van der Waals surface area (Å²) >= 11 is 0. The maximum absolute atomic E-state index is 12.9. The van der Waals surface area contributed by atoms with Crippen molar-refractivity contribution in [1.82, 2.24) is 0 Å². The molecule has 4 nitrogen and oxygen atoms in total. The predicted molar refractivity (Wildman–Crippen MR) is 126 cm³/mol. The minimum absolute atomic E-state index is 0.313. The van der Waals surface area contributed by atoms with E-state index in [-0.39, 0.29) is 0 Å². The SMILES string of the molecule is [O-][n+]1c(CCCCCCCCCCCO)cc(OCc2ccccc2)c2ccccc21. The molecular formula is C27H35NO3. The molecule has 1 N–H and O–H groups in total. The van der Waals surface area contributed by atoms with Crippen LogP contribution in [0.15, 0.2) is 60.7 Å². The summed E-state index contributed by atoms with van der Waals surface area (Å²) in [4.78, 5) is 0. The van der Waals surface area contributed by atoms with Gasteiger partial charge in [0, 0.05) is 25.2 Å². The number of hydrogen-bond donors (Lipinski definition) is 1. The van der Waals surface area contributed by atoms with Crippen LogP contribution in [0.1, 0.15) is 69.0 Å². The van der Waals surface area contributed by atoms with E-state index in [1.807, 2.05) is 60.7 Å². The molecule has 0 aliphatic carbocycles. The molecule has 0 fully saturated rings. The average Bonchev–Trinajstić information content (AvgIpc) is 2.81. The highest BCUT2D eigenvalue weighted by Gasteiger charge is 2.16. The topological polar surface area (TPSA) is 56.4 Å². The second-order valence-electron chi connectivity index (χ2n) is 8.24. The number of nitrogens with zero attached hydrogens (tertiary/aromatic N) is 1. The number of unbranched alkanes of at least 4 members (excludes halogenated alkanes) is 8. The van der Waals surface area contributed by atoms with Crippen molar-refractivity contribution < 1.29 is 14.6 Å². The van der Waals surface area contributed by atoms with Crippen LogP contribution in [0.5, 0.6) is 5.75 Å². The highest BCUT2D eigenvalue weighted by atomic mass is 16.5. The molecule has 0 unspecified atom stereocenters. The van der Waals surface area contributed by atoms with Crippen LogP contribution in [-0.4, -0.2) is 11.7 Å². The van der Waals surface area contributed by atoms with E-state index in [9.17, 15) is 5.21 Å². The van der Waals surface area contributed by atoms with Crippen LogP contribution in [0.3, 0.4) is 0 Å². The Morgan fingerprint density at radius 2 is 1.35 bits per heavy atom. The summed E-state index contributed by atoms with van der Waals surface area (Å²) < 4.78 is 7.21. The first-order valence-electron chi connectivity index (χ1n) is 11.7. The number of aryl methyl sites for hydroxylation is 1. The molecule has 166 valence electrons. The van der Waals surface area contributed by atoms with E-state index in [1.165, 1.54) is 32.1 Å². The fourth-order valence-electron chi connectivity index (χ4n) is 3.99. The van der Waals surface area contributed by atoms with Crippen molar-refractivity contribution in [3.63, 3.8) is 0 Å². The summed E-state index contributed by atoms with van der Waals surface area (Å²) in [6.45, 7) is 0.805. The quantitative estimate of drug-likeness (QED) is 0.194. The number of aliphatic hydroxyl groups excluding tert-OH is 1. The van der Waals surface area contributed by atoms with Crippen molar-refractivity contribution in [2.75, 3.05) is 6.61 Å². The van der Waals surface area contributed by atoms with Gasteiger partial charge in [-0.3, -0.25) is 0 Å². The number of hydrogen-bond acceptors (Lipinski definition) is 3. The van der Waals surface area contributed by atoms with Gasteiger partial charge in [0.25, 0.3) is 0 Å². The first-order valence-corrected chi connectivity index (χ1v) is 11.7. The molecule has 0 atom stereocenters. The molecular weight excluding hydrogens is 386 g/mol. The Labute approximate surface area is 186 Å². The molecule has 2 aromatic carbocycles. The monoisotopic (exact) mass is 421 g/mol. The zero-order chi connectivity index (χ0) is 21.7. The van der Waals surface area contributed by atoms with Crippen LogP contribution in [0, 0.1) is 5.21 Å². The fraction of sp³-hybridized carbons (Fsp3) is 0.444. The van der Waals surface area contributed by atoms with Gasteiger partial charge in [0.1, 0.15) is 12.4 Å². The molecule has 0 saturated heterocycles. The number of ether oxygens (including phenoxy) is 1. The highest BCUT2D eigenvalue weighted by Crippen LogP contribution is 2.26. The van der Waals surface area contributed by atoms with Crippen molar-refractivity contribution in [1.29, 1.82) is 0 Å². The Morgan fingerprint density at radius 3 is 2.06 bits per heavy atom. The highest BCUT2D eigenvalue weighted by molar-refractivity contribution is 5.82. The molecule has 0 radical (unpaired) electrons. The minimum Gasteiger partial charge on any atom is -0.618 e. The maximum Gasteiger partial charge on any atom is 0.227 e. The molecule has 0 saturated carbocycles. The Morgan fingerprint density at radius 1 is 0.742 bits per heavy atom. The van der Waals surface area contributed by atoms with Gasteiger partial charge in [0.05, 0.1) is 5.39 Å². The summed E-state index contributed by atoms with van der Waals surface area (Å²) in [7, 11) is 0. The molecule has 1 aromatic heterocycles. The third-order valence-corrected chi connectivity index (χ3v) is 5.78. The second-order valence-corrected chi connectivity index (χ2v) is 8.24. The summed E-state index contributed by atoms with van der Waals surface area (Å²) in [5, 5.41) is 22.6. The first kappa shape index (κ1) is 23.1. The van der Waals surface area contributed by atoms with Gasteiger partial charge in [-0.1, -0.05) is 87.4 Å². The van der Waals surface area contributed by atoms with Gasteiger partial charge in [-0.15, -0.1) is 0 Å². The zero-order valence-electron chi connectivity index (χ0n) is 18.5. The van der Waals surface area contributed by atoms with E-state index in [4.69, 9.17) is 9.84 Å². The molecule has 0 amide bonds. The number of aromatic nitrogens is 1. The van der Waals surface area contributed by atoms with Gasteiger partial charge >= 0.3 is 0 Å². The van der Waals surface area contributed by atoms with Crippen molar-refractivity contribution in [2.24, 2.45) is 0 Å². The normalized spacial score (nSPS) is 11.1. The third-order valence-electron chi connectivity index (χ3n) is 5.78. The molecule has 3 rings (SSSR count). The van der Waals surface area contributed by atoms with Crippen molar-refractivity contribution >= 4 is 10.9 Å². The molecule has 1 heterocycles. The molecule has 0 bridgehead atoms. The van der Waals surface area contributed by atoms with Gasteiger partial charge in [-0.2, -0.15) is 4.73 Å². The number of fused-ring (bicyclic) bond motifs is 1. The molecule has 4 heteroatoms. The summed E-state index contributed by atoms with van der Waals surface area (Å²) in [5.41, 5.74) is 2.57. The van der Waals surface area contributed by atoms with E-state index < -0.39 is 0 Å². The lowest BCUT2D eigenvalue weighted by atomic mass is 10.0. The van der Waals surface area contributed by atoms with E-state index >= 15 is 0 Å².